The molecule has 2 aliphatic heterocycles. The molecule has 1 saturated carbocycles. The molecule has 1 atom stereocenters. The molecule has 0 amide bonds. The van der Waals surface area contributed by atoms with Crippen molar-refractivity contribution in [1.29, 1.82) is 0 Å². The largest absolute Gasteiger partial charge is 0.391 e. The minimum Gasteiger partial charge on any atom is -0.391 e. The number of rotatable bonds is 3. The van der Waals surface area contributed by atoms with Crippen LogP contribution in [0.15, 0.2) is 30.3 Å². The lowest BCUT2D eigenvalue weighted by Gasteiger charge is -2.50. The molecule has 1 aromatic rings. The molecule has 1 unspecified atom stereocenters. The summed E-state index contributed by atoms with van der Waals surface area (Å²) >= 11 is 0. The van der Waals surface area contributed by atoms with E-state index in [1.54, 1.807) is 0 Å². The third-order valence-electron chi connectivity index (χ3n) is 7.72. The fourth-order valence-corrected chi connectivity index (χ4v) is 5.93. The normalized spacial score (nSPS) is 32.5. The van der Waals surface area contributed by atoms with Crippen LogP contribution in [0.3, 0.4) is 0 Å². The van der Waals surface area contributed by atoms with Crippen LogP contribution < -0.4 is 4.90 Å². The van der Waals surface area contributed by atoms with Gasteiger partial charge in [-0.3, -0.25) is 0 Å². The topological polar surface area (TPSA) is 26.7 Å². The standard InChI is InChI=1S/C23H36N2O/c1-18(2)19-8-10-20(11-9-19)24-16-13-23(14-17-24)22(26)12-15-25(23)21-6-4-3-5-7-21/h3-7,18-20,22,26H,8-17H2,1-2H3/t19-,20+,22?. The summed E-state index contributed by atoms with van der Waals surface area (Å²) in [6.07, 6.45) is 8.50. The van der Waals surface area contributed by atoms with Crippen LogP contribution in [-0.4, -0.2) is 47.3 Å². The van der Waals surface area contributed by atoms with Gasteiger partial charge in [0, 0.05) is 31.4 Å². The van der Waals surface area contributed by atoms with Crippen molar-refractivity contribution in [1.82, 2.24) is 4.90 Å². The van der Waals surface area contributed by atoms with Crippen LogP contribution in [0.5, 0.6) is 0 Å². The van der Waals surface area contributed by atoms with Gasteiger partial charge < -0.3 is 14.9 Å². The predicted octanol–water partition coefficient (Wildman–Crippen LogP) is 4.31. The van der Waals surface area contributed by atoms with Crippen molar-refractivity contribution in [3.05, 3.63) is 30.3 Å². The Labute approximate surface area is 159 Å². The number of aliphatic hydroxyl groups excluding tert-OH is 1. The molecule has 2 heterocycles. The molecular formula is C23H36N2O. The fraction of sp³-hybridized carbons (Fsp3) is 0.739. The zero-order valence-corrected chi connectivity index (χ0v) is 16.6. The molecule has 3 heteroatoms. The van der Waals surface area contributed by atoms with Crippen LogP contribution in [0.4, 0.5) is 5.69 Å². The maximum Gasteiger partial charge on any atom is 0.0789 e. The van der Waals surface area contributed by atoms with Crippen molar-refractivity contribution < 1.29 is 5.11 Å². The quantitative estimate of drug-likeness (QED) is 0.874. The third-order valence-corrected chi connectivity index (χ3v) is 7.72. The smallest absolute Gasteiger partial charge is 0.0789 e. The molecule has 0 radical (unpaired) electrons. The lowest BCUT2D eigenvalue weighted by Crippen LogP contribution is -2.59. The Balaban J connectivity index is 1.40. The molecule has 3 nitrogen and oxygen atoms in total. The SMILES string of the molecule is CC(C)[C@H]1CC[C@@H](N2CCC3(CC2)C(O)CCN3c2ccccc2)CC1. The van der Waals surface area contributed by atoms with E-state index in [0.29, 0.717) is 0 Å². The number of anilines is 1. The van der Waals surface area contributed by atoms with Gasteiger partial charge in [0.2, 0.25) is 0 Å². The Morgan fingerprint density at radius 1 is 0.923 bits per heavy atom. The fourth-order valence-electron chi connectivity index (χ4n) is 5.93. The van der Waals surface area contributed by atoms with Gasteiger partial charge in [0.05, 0.1) is 11.6 Å². The second-order valence-corrected chi connectivity index (χ2v) is 9.24. The number of piperidine rings is 1. The second-order valence-electron chi connectivity index (χ2n) is 9.24. The van der Waals surface area contributed by atoms with Crippen molar-refractivity contribution >= 4 is 5.69 Å². The summed E-state index contributed by atoms with van der Waals surface area (Å²) in [5, 5.41) is 10.9. The zero-order chi connectivity index (χ0) is 18.1. The first-order valence-corrected chi connectivity index (χ1v) is 10.8. The van der Waals surface area contributed by atoms with Crippen LogP contribution in [0.2, 0.25) is 0 Å². The van der Waals surface area contributed by atoms with Crippen LogP contribution in [0, 0.1) is 11.8 Å². The maximum atomic E-state index is 10.9. The number of hydrogen-bond donors (Lipinski definition) is 1. The summed E-state index contributed by atoms with van der Waals surface area (Å²) in [6, 6.07) is 11.5. The molecule has 1 aromatic carbocycles. The summed E-state index contributed by atoms with van der Waals surface area (Å²) in [7, 11) is 0. The average Bonchev–Trinajstić information content (AvgIpc) is 2.99. The highest BCUT2D eigenvalue weighted by atomic mass is 16.3. The second kappa shape index (κ2) is 7.52. The van der Waals surface area contributed by atoms with Gasteiger partial charge in [-0.05, 0) is 68.9 Å². The zero-order valence-electron chi connectivity index (χ0n) is 16.6. The van der Waals surface area contributed by atoms with Gasteiger partial charge in [-0.25, -0.2) is 0 Å². The summed E-state index contributed by atoms with van der Waals surface area (Å²) < 4.78 is 0. The number of benzene rings is 1. The molecular weight excluding hydrogens is 320 g/mol. The van der Waals surface area contributed by atoms with Crippen molar-refractivity contribution in [3.63, 3.8) is 0 Å². The first kappa shape index (κ1) is 18.3. The average molecular weight is 357 g/mol. The van der Waals surface area contributed by atoms with E-state index >= 15 is 0 Å². The molecule has 26 heavy (non-hydrogen) atoms. The van der Waals surface area contributed by atoms with E-state index in [2.05, 4.69) is 54.0 Å². The molecule has 3 fully saturated rings. The number of likely N-dealkylation sites (tertiary alicyclic amines) is 1. The van der Waals surface area contributed by atoms with E-state index < -0.39 is 0 Å². The monoisotopic (exact) mass is 356 g/mol. The number of aliphatic hydroxyl groups is 1. The Kier molecular flexibility index (Phi) is 5.29. The molecule has 0 aromatic heterocycles. The molecule has 1 aliphatic carbocycles. The summed E-state index contributed by atoms with van der Waals surface area (Å²) in [4.78, 5) is 5.26. The maximum absolute atomic E-state index is 10.9. The van der Waals surface area contributed by atoms with E-state index in [0.717, 1.165) is 56.8 Å². The minimum absolute atomic E-state index is 0.0347. The Bertz CT molecular complexity index is 571. The Morgan fingerprint density at radius 3 is 2.19 bits per heavy atom. The first-order chi connectivity index (χ1) is 12.6. The van der Waals surface area contributed by atoms with Gasteiger partial charge in [-0.2, -0.15) is 0 Å². The molecule has 1 spiro atoms. The molecule has 3 aliphatic rings. The lowest BCUT2D eigenvalue weighted by atomic mass is 9.77. The lowest BCUT2D eigenvalue weighted by molar-refractivity contribution is 0.0290. The summed E-state index contributed by atoms with van der Waals surface area (Å²) in [6.45, 7) is 8.06. The molecule has 0 bridgehead atoms. The van der Waals surface area contributed by atoms with Crippen LogP contribution in [0.25, 0.3) is 0 Å². The number of nitrogens with zero attached hydrogens (tertiary/aromatic N) is 2. The summed E-state index contributed by atoms with van der Waals surface area (Å²) in [5.41, 5.74) is 1.25. The minimum atomic E-state index is -0.179. The number of hydrogen-bond acceptors (Lipinski definition) is 3. The molecule has 2 saturated heterocycles. The highest BCUT2D eigenvalue weighted by Gasteiger charge is 2.50. The van der Waals surface area contributed by atoms with Gasteiger partial charge in [0.15, 0.2) is 0 Å². The van der Waals surface area contributed by atoms with E-state index in [4.69, 9.17) is 0 Å². The number of para-hydroxylation sites is 1. The van der Waals surface area contributed by atoms with Crippen molar-refractivity contribution in [2.45, 2.75) is 76.5 Å². The van der Waals surface area contributed by atoms with Gasteiger partial charge >= 0.3 is 0 Å². The third kappa shape index (κ3) is 3.29. The Morgan fingerprint density at radius 2 is 1.58 bits per heavy atom. The van der Waals surface area contributed by atoms with Gasteiger partial charge in [0.25, 0.3) is 0 Å². The van der Waals surface area contributed by atoms with E-state index in [1.165, 1.54) is 31.4 Å². The van der Waals surface area contributed by atoms with Gasteiger partial charge in [-0.15, -0.1) is 0 Å². The van der Waals surface area contributed by atoms with E-state index in [-0.39, 0.29) is 11.6 Å². The first-order valence-electron chi connectivity index (χ1n) is 10.8. The van der Waals surface area contributed by atoms with Crippen molar-refractivity contribution in [2.24, 2.45) is 11.8 Å². The van der Waals surface area contributed by atoms with Crippen LogP contribution in [0.1, 0.15) is 58.8 Å². The molecule has 1 N–H and O–H groups in total. The predicted molar refractivity (Wildman–Crippen MR) is 109 cm³/mol. The Hall–Kier alpha value is -1.06. The van der Waals surface area contributed by atoms with Gasteiger partial charge in [0.1, 0.15) is 0 Å². The van der Waals surface area contributed by atoms with Crippen LogP contribution in [-0.2, 0) is 0 Å². The van der Waals surface area contributed by atoms with E-state index in [9.17, 15) is 5.11 Å². The summed E-state index contributed by atoms with van der Waals surface area (Å²) in [5.74, 6) is 1.78. The molecule has 144 valence electrons. The van der Waals surface area contributed by atoms with E-state index in [1.807, 2.05) is 0 Å². The van der Waals surface area contributed by atoms with Gasteiger partial charge in [-0.1, -0.05) is 32.0 Å². The van der Waals surface area contributed by atoms with Crippen molar-refractivity contribution in [3.8, 4) is 0 Å². The molecule has 4 rings (SSSR count). The highest BCUT2D eigenvalue weighted by molar-refractivity contribution is 5.51. The van der Waals surface area contributed by atoms with Crippen LogP contribution >= 0.6 is 0 Å². The highest BCUT2D eigenvalue weighted by Crippen LogP contribution is 2.43. The van der Waals surface area contributed by atoms with Crippen molar-refractivity contribution in [2.75, 3.05) is 24.5 Å².